The summed E-state index contributed by atoms with van der Waals surface area (Å²) in [6, 6.07) is 11.4. The predicted octanol–water partition coefficient (Wildman–Crippen LogP) is 4.35. The number of Topliss-reactive ketones (excluding diaryl/α,β-unsaturated/α-hetero) is 2. The molecular weight excluding hydrogens is 551 g/mol. The van der Waals surface area contributed by atoms with Crippen molar-refractivity contribution < 1.29 is 46.7 Å². The number of nitrogens with zero attached hydrogens (tertiary/aromatic N) is 4. The molecule has 0 aliphatic heterocycles. The van der Waals surface area contributed by atoms with E-state index in [9.17, 15) is 27.2 Å². The Morgan fingerprint density at radius 3 is 2.38 bits per heavy atom. The Labute approximate surface area is 221 Å². The van der Waals surface area contributed by atoms with Gasteiger partial charge in [0.15, 0.2) is 5.76 Å². The predicted molar refractivity (Wildman–Crippen MR) is 129 cm³/mol. The third kappa shape index (κ3) is 6.92. The van der Waals surface area contributed by atoms with Gasteiger partial charge in [0, 0.05) is 10.5 Å². The molecule has 10 nitrogen and oxygen atoms in total. The number of carbonyl (C=O) groups excluding carboxylic acids is 2. The smallest absolute Gasteiger partial charge is 0.492 e. The van der Waals surface area contributed by atoms with Crippen molar-refractivity contribution in [2.75, 3.05) is 7.11 Å². The number of rotatable bonds is 5. The Balaban J connectivity index is 0.000000255. The molecule has 1 aliphatic rings. The molecule has 0 saturated heterocycles. The van der Waals surface area contributed by atoms with E-state index in [1.807, 2.05) is 0 Å². The maximum atomic E-state index is 13.6. The number of pyridine rings is 1. The van der Waals surface area contributed by atoms with Crippen LogP contribution in [0.5, 0.6) is 5.75 Å². The molecular formula is C23H14BClF4N4O6. The van der Waals surface area contributed by atoms with Crippen molar-refractivity contribution in [2.24, 2.45) is 5.11 Å². The number of hydrogen-bond acceptors (Lipinski definition) is 8. The van der Waals surface area contributed by atoms with E-state index >= 15 is 0 Å². The number of allylic oxidation sites excluding steroid dienone is 2. The summed E-state index contributed by atoms with van der Waals surface area (Å²) in [6.45, 7) is 0. The number of methoxy groups -OCH3 is 1. The van der Waals surface area contributed by atoms with Gasteiger partial charge in [-0.05, 0) is 47.4 Å². The molecule has 200 valence electrons. The van der Waals surface area contributed by atoms with Crippen LogP contribution in [0.15, 0.2) is 71.2 Å². The number of carbonyl (C=O) groups is 2. The molecule has 2 aromatic carbocycles. The van der Waals surface area contributed by atoms with Crippen LogP contribution in [0.1, 0.15) is 20.8 Å². The first-order valence-corrected chi connectivity index (χ1v) is 10.8. The molecule has 0 atom stereocenters. The summed E-state index contributed by atoms with van der Waals surface area (Å²) in [5.41, 5.74) is 8.53. The van der Waals surface area contributed by atoms with Gasteiger partial charge in [0.25, 0.3) is 0 Å². The van der Waals surface area contributed by atoms with Crippen molar-refractivity contribution >= 4 is 35.7 Å². The summed E-state index contributed by atoms with van der Waals surface area (Å²) in [5.74, 6) is -2.84. The Morgan fingerprint density at radius 2 is 1.79 bits per heavy atom. The van der Waals surface area contributed by atoms with Gasteiger partial charge in [-0.25, -0.2) is 9.37 Å². The van der Waals surface area contributed by atoms with E-state index in [0.29, 0.717) is 5.56 Å². The lowest BCUT2D eigenvalue weighted by atomic mass is 9.80. The molecule has 0 unspecified atom stereocenters. The summed E-state index contributed by atoms with van der Waals surface area (Å²) < 4.78 is 57.3. The van der Waals surface area contributed by atoms with Crippen molar-refractivity contribution in [3.05, 3.63) is 98.6 Å². The second-order valence-electron chi connectivity index (χ2n) is 7.45. The lowest BCUT2D eigenvalue weighted by molar-refractivity contribution is -0.274. The van der Waals surface area contributed by atoms with Gasteiger partial charge in [0.1, 0.15) is 23.0 Å². The number of azide groups is 1. The number of fused-ring (bicyclic) bond motifs is 1. The van der Waals surface area contributed by atoms with E-state index in [2.05, 4.69) is 19.7 Å². The van der Waals surface area contributed by atoms with Crippen LogP contribution in [0.3, 0.4) is 0 Å². The van der Waals surface area contributed by atoms with Crippen LogP contribution in [0.25, 0.3) is 21.7 Å². The second kappa shape index (κ2) is 12.0. The van der Waals surface area contributed by atoms with E-state index in [-0.39, 0.29) is 33.2 Å². The highest BCUT2D eigenvalue weighted by Crippen LogP contribution is 2.30. The molecule has 0 bridgehead atoms. The van der Waals surface area contributed by atoms with E-state index in [4.69, 9.17) is 31.9 Å². The second-order valence-corrected chi connectivity index (χ2v) is 7.85. The molecule has 0 fully saturated rings. The van der Waals surface area contributed by atoms with E-state index in [1.165, 1.54) is 43.5 Å². The minimum absolute atomic E-state index is 0.0110. The van der Waals surface area contributed by atoms with E-state index in [1.54, 1.807) is 0 Å². The van der Waals surface area contributed by atoms with Crippen LogP contribution in [-0.4, -0.2) is 47.2 Å². The Hall–Kier alpha value is -4.43. The summed E-state index contributed by atoms with van der Waals surface area (Å²) in [6.07, 6.45) is -4.78. The quantitative estimate of drug-likeness (QED) is 0.153. The molecule has 0 spiro atoms. The van der Waals surface area contributed by atoms with Crippen LogP contribution in [-0.2, 0) is 4.74 Å². The first kappa shape index (κ1) is 29.1. The summed E-state index contributed by atoms with van der Waals surface area (Å²) >= 11 is 5.65. The lowest BCUT2D eigenvalue weighted by Gasteiger charge is -2.17. The average Bonchev–Trinajstić information content (AvgIpc) is 2.88. The first-order valence-electron chi connectivity index (χ1n) is 10.5. The fraction of sp³-hybridized carbons (Fsp3) is 0.0870. The zero-order chi connectivity index (χ0) is 28.9. The van der Waals surface area contributed by atoms with Gasteiger partial charge in [-0.2, -0.15) is 0 Å². The molecule has 16 heteroatoms. The van der Waals surface area contributed by atoms with Gasteiger partial charge >= 0.3 is 13.5 Å². The largest absolute Gasteiger partial charge is 0.573 e. The standard InChI is InChI=1S/C16H8ClFN4O3.C7H6BF3O3/c1-25-16-13(21-22-19)15(24)12-8(14(16)23)3-5-11(20-12)7-2-4-9(17)10(18)6-7;9-7(10,11)14-6-3-1-2-5(4-6)8(12)13/h2-6H,1H3;1-4,12-13H. The molecule has 4 rings (SSSR count). The summed E-state index contributed by atoms with van der Waals surface area (Å²) in [4.78, 5) is 31.6. The van der Waals surface area contributed by atoms with Crippen molar-refractivity contribution in [1.29, 1.82) is 0 Å². The van der Waals surface area contributed by atoms with Crippen LogP contribution >= 0.6 is 11.6 Å². The molecule has 2 N–H and O–H groups in total. The Morgan fingerprint density at radius 1 is 1.08 bits per heavy atom. The third-order valence-corrected chi connectivity index (χ3v) is 5.25. The Kier molecular flexibility index (Phi) is 8.94. The molecule has 0 amide bonds. The molecule has 1 aliphatic carbocycles. The fourth-order valence-electron chi connectivity index (χ4n) is 3.27. The molecule has 0 saturated carbocycles. The van der Waals surface area contributed by atoms with Crippen molar-refractivity contribution in [1.82, 2.24) is 4.98 Å². The molecule has 3 aromatic rings. The molecule has 39 heavy (non-hydrogen) atoms. The maximum absolute atomic E-state index is 13.6. The normalized spacial score (nSPS) is 12.6. The van der Waals surface area contributed by atoms with Gasteiger partial charge in [-0.3, -0.25) is 9.59 Å². The Bertz CT molecular complexity index is 1530. The zero-order valence-corrected chi connectivity index (χ0v) is 20.2. The number of halogens is 5. The van der Waals surface area contributed by atoms with E-state index in [0.717, 1.165) is 18.2 Å². The van der Waals surface area contributed by atoms with Gasteiger partial charge < -0.3 is 19.5 Å². The van der Waals surface area contributed by atoms with Gasteiger partial charge in [-0.15, -0.1) is 13.2 Å². The monoisotopic (exact) mass is 564 g/mol. The minimum atomic E-state index is -4.78. The number of ketones is 2. The summed E-state index contributed by atoms with van der Waals surface area (Å²) in [5, 5.41) is 20.5. The SMILES string of the molecule is COC1=C(N=[N+]=[N-])C(=O)c2nc(-c3ccc(Cl)c(F)c3)ccc2C1=O.OB(O)c1cccc(OC(F)(F)F)c1. The van der Waals surface area contributed by atoms with Crippen LogP contribution in [0.4, 0.5) is 17.6 Å². The van der Waals surface area contributed by atoms with Crippen molar-refractivity contribution in [3.63, 3.8) is 0 Å². The zero-order valence-electron chi connectivity index (χ0n) is 19.5. The van der Waals surface area contributed by atoms with Crippen molar-refractivity contribution in [2.45, 2.75) is 6.36 Å². The average molecular weight is 565 g/mol. The molecule has 1 heterocycles. The highest BCUT2D eigenvalue weighted by molar-refractivity contribution is 6.58. The third-order valence-electron chi connectivity index (χ3n) is 4.95. The minimum Gasteiger partial charge on any atom is -0.492 e. The summed E-state index contributed by atoms with van der Waals surface area (Å²) in [7, 11) is -0.622. The van der Waals surface area contributed by atoms with Gasteiger partial charge in [0.05, 0.1) is 23.4 Å². The maximum Gasteiger partial charge on any atom is 0.573 e. The highest BCUT2D eigenvalue weighted by Gasteiger charge is 2.34. The van der Waals surface area contributed by atoms with Gasteiger partial charge in [-0.1, -0.05) is 34.9 Å². The highest BCUT2D eigenvalue weighted by atomic mass is 35.5. The number of aromatic nitrogens is 1. The topological polar surface area (TPSA) is 155 Å². The van der Waals surface area contributed by atoms with Crippen LogP contribution in [0.2, 0.25) is 5.02 Å². The molecule has 1 aromatic heterocycles. The van der Waals surface area contributed by atoms with E-state index < -0.39 is 42.3 Å². The number of ether oxygens (including phenoxy) is 2. The number of benzene rings is 2. The van der Waals surface area contributed by atoms with Crippen LogP contribution < -0.4 is 10.2 Å². The molecule has 0 radical (unpaired) electrons. The van der Waals surface area contributed by atoms with Gasteiger partial charge in [0.2, 0.25) is 11.6 Å². The lowest BCUT2D eigenvalue weighted by Crippen LogP contribution is -2.30. The first-order chi connectivity index (χ1) is 18.4. The number of alkyl halides is 3. The van der Waals surface area contributed by atoms with Crippen LogP contribution in [0, 0.1) is 5.82 Å². The number of hydrogen-bond donors (Lipinski definition) is 2. The van der Waals surface area contributed by atoms with Crippen molar-refractivity contribution in [3.8, 4) is 17.0 Å². The fourth-order valence-corrected chi connectivity index (χ4v) is 3.39.